The first-order valence-electron chi connectivity index (χ1n) is 8.65. The summed E-state index contributed by atoms with van der Waals surface area (Å²) in [6.07, 6.45) is 7.44. The summed E-state index contributed by atoms with van der Waals surface area (Å²) < 4.78 is 7.35. The Bertz CT molecular complexity index is 810. The van der Waals surface area contributed by atoms with E-state index in [-0.39, 0.29) is 12.6 Å². The Hall–Kier alpha value is -2.45. The molecule has 1 aliphatic rings. The Morgan fingerprint density at radius 1 is 1.28 bits per heavy atom. The fourth-order valence-electron chi connectivity index (χ4n) is 3.43. The monoisotopic (exact) mass is 342 g/mol. The van der Waals surface area contributed by atoms with Crippen LogP contribution in [0.15, 0.2) is 35.3 Å². The predicted molar refractivity (Wildman–Crippen MR) is 93.2 cm³/mol. The van der Waals surface area contributed by atoms with Gasteiger partial charge in [-0.3, -0.25) is 4.90 Å². The van der Waals surface area contributed by atoms with E-state index < -0.39 is 0 Å². The maximum atomic E-state index is 9.13. The average Bonchev–Trinajstić information content (AvgIpc) is 3.38. The van der Waals surface area contributed by atoms with Gasteiger partial charge >= 0.3 is 0 Å². The second-order valence-electron chi connectivity index (χ2n) is 6.21. The lowest BCUT2D eigenvalue weighted by atomic mass is 10.2. The van der Waals surface area contributed by atoms with Crippen molar-refractivity contribution in [3.8, 4) is 0 Å². The lowest BCUT2D eigenvalue weighted by Gasteiger charge is -2.26. The lowest BCUT2D eigenvalue weighted by Crippen LogP contribution is -2.30. The normalized spacial score (nSPS) is 16.5. The van der Waals surface area contributed by atoms with Gasteiger partial charge in [0.15, 0.2) is 5.65 Å². The van der Waals surface area contributed by atoms with Crippen molar-refractivity contribution in [1.29, 1.82) is 0 Å². The van der Waals surface area contributed by atoms with E-state index in [0.717, 1.165) is 35.7 Å². The molecule has 0 aliphatic carbocycles. The number of fused-ring (bicyclic) bond motifs is 1. The molecule has 4 rings (SSSR count). The molecule has 0 radical (unpaired) electrons. The Morgan fingerprint density at radius 2 is 2.16 bits per heavy atom. The van der Waals surface area contributed by atoms with Gasteiger partial charge < -0.3 is 14.8 Å². The van der Waals surface area contributed by atoms with Crippen LogP contribution in [0.2, 0.25) is 0 Å². The fourth-order valence-corrected chi connectivity index (χ4v) is 3.43. The first-order chi connectivity index (χ1) is 12.4. The topological polar surface area (TPSA) is 92.2 Å². The van der Waals surface area contributed by atoms with Gasteiger partial charge in [0.25, 0.3) is 0 Å². The van der Waals surface area contributed by atoms with Crippen LogP contribution >= 0.6 is 0 Å². The molecule has 0 unspecified atom stereocenters. The van der Waals surface area contributed by atoms with Crippen molar-refractivity contribution in [2.24, 2.45) is 0 Å². The first kappa shape index (κ1) is 16.0. The van der Waals surface area contributed by atoms with Crippen molar-refractivity contribution in [3.63, 3.8) is 0 Å². The van der Waals surface area contributed by atoms with E-state index in [1.54, 1.807) is 17.1 Å². The summed E-state index contributed by atoms with van der Waals surface area (Å²) in [4.78, 5) is 11.1. The standard InChI is InChI=1S/C17H22N6O2/c24-8-7-23-17-13(10-21-23)16(19-12-20-17)18-11-14(15-4-3-9-25-15)22-5-1-2-6-22/h3-4,9-10,12,14,24H,1-2,5-8,11H2,(H,18,19,20)/t14-/m0/s1. The van der Waals surface area contributed by atoms with E-state index in [9.17, 15) is 0 Å². The third-order valence-corrected chi connectivity index (χ3v) is 4.66. The maximum Gasteiger partial charge on any atom is 0.163 e. The van der Waals surface area contributed by atoms with Crippen LogP contribution in [0.25, 0.3) is 11.0 Å². The molecule has 8 nitrogen and oxygen atoms in total. The quantitative estimate of drug-likeness (QED) is 0.674. The van der Waals surface area contributed by atoms with E-state index in [1.165, 1.54) is 19.2 Å². The van der Waals surface area contributed by atoms with E-state index in [2.05, 4.69) is 25.3 Å². The predicted octanol–water partition coefficient (Wildman–Crippen LogP) is 1.66. The molecule has 1 atom stereocenters. The zero-order valence-corrected chi connectivity index (χ0v) is 14.0. The van der Waals surface area contributed by atoms with Crippen molar-refractivity contribution in [2.75, 3.05) is 31.6 Å². The molecule has 3 aromatic heterocycles. The number of nitrogens with one attached hydrogen (secondary N) is 1. The number of aliphatic hydroxyl groups is 1. The van der Waals surface area contributed by atoms with E-state index >= 15 is 0 Å². The van der Waals surface area contributed by atoms with Crippen LogP contribution in [0.5, 0.6) is 0 Å². The molecule has 0 spiro atoms. The molecule has 3 aromatic rings. The minimum Gasteiger partial charge on any atom is -0.468 e. The number of aliphatic hydroxyl groups excluding tert-OH is 1. The summed E-state index contributed by atoms with van der Waals surface area (Å²) >= 11 is 0. The van der Waals surface area contributed by atoms with Crippen LogP contribution in [-0.4, -0.2) is 56.0 Å². The highest BCUT2D eigenvalue weighted by Gasteiger charge is 2.25. The second kappa shape index (κ2) is 7.20. The number of furan rings is 1. The first-order valence-corrected chi connectivity index (χ1v) is 8.65. The summed E-state index contributed by atoms with van der Waals surface area (Å²) in [7, 11) is 0. The highest BCUT2D eigenvalue weighted by Crippen LogP contribution is 2.27. The van der Waals surface area contributed by atoms with Crippen molar-refractivity contribution < 1.29 is 9.52 Å². The summed E-state index contributed by atoms with van der Waals surface area (Å²) in [5.41, 5.74) is 0.724. The minimum absolute atomic E-state index is 0.0269. The van der Waals surface area contributed by atoms with E-state index in [1.807, 2.05) is 12.1 Å². The summed E-state index contributed by atoms with van der Waals surface area (Å²) in [5, 5.41) is 17.7. The molecule has 0 bridgehead atoms. The van der Waals surface area contributed by atoms with Gasteiger partial charge in [-0.05, 0) is 38.1 Å². The number of hydrogen-bond donors (Lipinski definition) is 2. The average molecular weight is 342 g/mol. The molecule has 1 aliphatic heterocycles. The van der Waals surface area contributed by atoms with Crippen LogP contribution in [0, 0.1) is 0 Å². The number of nitrogens with zero attached hydrogens (tertiary/aromatic N) is 5. The van der Waals surface area contributed by atoms with Crippen LogP contribution in [-0.2, 0) is 6.54 Å². The Balaban J connectivity index is 1.55. The van der Waals surface area contributed by atoms with E-state index in [4.69, 9.17) is 9.52 Å². The van der Waals surface area contributed by atoms with Gasteiger partial charge in [-0.25, -0.2) is 14.6 Å². The number of aromatic nitrogens is 4. The van der Waals surface area contributed by atoms with Crippen molar-refractivity contribution >= 4 is 16.9 Å². The molecule has 2 N–H and O–H groups in total. The minimum atomic E-state index is 0.0269. The highest BCUT2D eigenvalue weighted by molar-refractivity contribution is 5.86. The third-order valence-electron chi connectivity index (χ3n) is 4.66. The molecule has 0 saturated carbocycles. The van der Waals surface area contributed by atoms with Crippen LogP contribution in [0.1, 0.15) is 24.6 Å². The van der Waals surface area contributed by atoms with Crippen LogP contribution < -0.4 is 5.32 Å². The van der Waals surface area contributed by atoms with Gasteiger partial charge in [0.2, 0.25) is 0 Å². The summed E-state index contributed by atoms with van der Waals surface area (Å²) in [6, 6.07) is 4.13. The van der Waals surface area contributed by atoms with Crippen molar-refractivity contribution in [2.45, 2.75) is 25.4 Å². The Kier molecular flexibility index (Phi) is 4.62. The number of anilines is 1. The fraction of sp³-hybridized carbons (Fsp3) is 0.471. The molecule has 25 heavy (non-hydrogen) atoms. The Morgan fingerprint density at radius 3 is 2.92 bits per heavy atom. The molecule has 1 fully saturated rings. The molecular formula is C17H22N6O2. The molecule has 0 aromatic carbocycles. The number of rotatable bonds is 7. The van der Waals surface area contributed by atoms with Gasteiger partial charge in [0, 0.05) is 6.54 Å². The SMILES string of the molecule is OCCn1ncc2c(NC[C@@H](c3ccco3)N3CCCC3)ncnc21. The number of likely N-dealkylation sites (tertiary alicyclic amines) is 1. The molecule has 1 saturated heterocycles. The molecule has 0 amide bonds. The molecule has 8 heteroatoms. The maximum absolute atomic E-state index is 9.13. The van der Waals surface area contributed by atoms with E-state index in [0.29, 0.717) is 13.1 Å². The lowest BCUT2D eigenvalue weighted by molar-refractivity contribution is 0.225. The van der Waals surface area contributed by atoms with Gasteiger partial charge in [-0.2, -0.15) is 5.10 Å². The largest absolute Gasteiger partial charge is 0.468 e. The van der Waals surface area contributed by atoms with Crippen molar-refractivity contribution in [3.05, 3.63) is 36.7 Å². The summed E-state index contributed by atoms with van der Waals surface area (Å²) in [6.45, 7) is 3.31. The smallest absolute Gasteiger partial charge is 0.163 e. The molecular weight excluding hydrogens is 320 g/mol. The second-order valence-corrected chi connectivity index (χ2v) is 6.21. The Labute approximate surface area is 145 Å². The van der Waals surface area contributed by atoms with Crippen LogP contribution in [0.3, 0.4) is 0 Å². The highest BCUT2D eigenvalue weighted by atomic mass is 16.3. The number of hydrogen-bond acceptors (Lipinski definition) is 7. The van der Waals surface area contributed by atoms with Crippen LogP contribution in [0.4, 0.5) is 5.82 Å². The summed E-state index contributed by atoms with van der Waals surface area (Å²) in [5.74, 6) is 1.72. The third kappa shape index (κ3) is 3.22. The van der Waals surface area contributed by atoms with Gasteiger partial charge in [-0.1, -0.05) is 0 Å². The van der Waals surface area contributed by atoms with Gasteiger partial charge in [0.05, 0.1) is 37.0 Å². The van der Waals surface area contributed by atoms with Crippen molar-refractivity contribution in [1.82, 2.24) is 24.6 Å². The van der Waals surface area contributed by atoms with Gasteiger partial charge in [0.1, 0.15) is 17.9 Å². The zero-order valence-electron chi connectivity index (χ0n) is 14.0. The molecule has 4 heterocycles. The zero-order chi connectivity index (χ0) is 17.1. The molecule has 132 valence electrons. The van der Waals surface area contributed by atoms with Gasteiger partial charge in [-0.15, -0.1) is 0 Å².